The molecule has 1 aliphatic heterocycles. The average Bonchev–Trinajstić information content (AvgIpc) is 2.19. The number of hydrogen-bond donors (Lipinski definition) is 1. The van der Waals surface area contributed by atoms with Crippen molar-refractivity contribution in [3.8, 4) is 11.5 Å². The third-order valence-corrected chi connectivity index (χ3v) is 3.92. The van der Waals surface area contributed by atoms with E-state index in [1.54, 1.807) is 6.07 Å². The first-order valence-corrected chi connectivity index (χ1v) is 5.70. The SMILES string of the molecule is O=C(O)c1c(Br)c(Br)cc2c1OCCO2. The summed E-state index contributed by atoms with van der Waals surface area (Å²) in [6.07, 6.45) is 0. The molecule has 0 spiro atoms. The molecule has 4 nitrogen and oxygen atoms in total. The number of aromatic carboxylic acids is 1. The lowest BCUT2D eigenvalue weighted by Gasteiger charge is -2.21. The van der Waals surface area contributed by atoms with Gasteiger partial charge in [0.15, 0.2) is 11.5 Å². The van der Waals surface area contributed by atoms with E-state index < -0.39 is 5.97 Å². The van der Waals surface area contributed by atoms with E-state index in [0.29, 0.717) is 27.9 Å². The van der Waals surface area contributed by atoms with Gasteiger partial charge in [0.1, 0.15) is 18.8 Å². The second-order valence-electron chi connectivity index (χ2n) is 2.88. The van der Waals surface area contributed by atoms with E-state index in [0.717, 1.165) is 0 Å². The van der Waals surface area contributed by atoms with Crippen LogP contribution in [-0.2, 0) is 0 Å². The Morgan fingerprint density at radius 1 is 1.33 bits per heavy atom. The van der Waals surface area contributed by atoms with Gasteiger partial charge in [0, 0.05) is 4.47 Å². The minimum Gasteiger partial charge on any atom is -0.486 e. The molecule has 1 aromatic carbocycles. The van der Waals surface area contributed by atoms with Gasteiger partial charge in [-0.2, -0.15) is 0 Å². The van der Waals surface area contributed by atoms with Crippen LogP contribution in [-0.4, -0.2) is 24.3 Å². The topological polar surface area (TPSA) is 55.8 Å². The maximum atomic E-state index is 11.1. The number of ether oxygens (including phenoxy) is 2. The van der Waals surface area contributed by atoms with Crippen LogP contribution in [0.2, 0.25) is 0 Å². The van der Waals surface area contributed by atoms with Crippen LogP contribution >= 0.6 is 31.9 Å². The largest absolute Gasteiger partial charge is 0.486 e. The minimum atomic E-state index is -1.05. The van der Waals surface area contributed by atoms with E-state index in [2.05, 4.69) is 31.9 Å². The van der Waals surface area contributed by atoms with Crippen LogP contribution in [0.3, 0.4) is 0 Å². The van der Waals surface area contributed by atoms with Gasteiger partial charge in [-0.3, -0.25) is 0 Å². The van der Waals surface area contributed by atoms with E-state index in [4.69, 9.17) is 14.6 Å². The summed E-state index contributed by atoms with van der Waals surface area (Å²) < 4.78 is 11.7. The van der Waals surface area contributed by atoms with Crippen molar-refractivity contribution in [3.05, 3.63) is 20.6 Å². The van der Waals surface area contributed by atoms with E-state index in [1.807, 2.05) is 0 Å². The van der Waals surface area contributed by atoms with Crippen molar-refractivity contribution < 1.29 is 19.4 Å². The zero-order chi connectivity index (χ0) is 11.0. The normalized spacial score (nSPS) is 13.7. The fourth-order valence-corrected chi connectivity index (χ4v) is 2.19. The lowest BCUT2D eigenvalue weighted by atomic mass is 10.2. The van der Waals surface area contributed by atoms with E-state index >= 15 is 0 Å². The molecule has 0 atom stereocenters. The van der Waals surface area contributed by atoms with E-state index in [9.17, 15) is 4.79 Å². The van der Waals surface area contributed by atoms with Crippen molar-refractivity contribution in [2.75, 3.05) is 13.2 Å². The number of rotatable bonds is 1. The van der Waals surface area contributed by atoms with Crippen LogP contribution < -0.4 is 9.47 Å². The van der Waals surface area contributed by atoms with Crippen LogP contribution in [0.25, 0.3) is 0 Å². The molecule has 1 aromatic rings. The van der Waals surface area contributed by atoms with Crippen LogP contribution in [0, 0.1) is 0 Å². The maximum Gasteiger partial charge on any atom is 0.340 e. The van der Waals surface area contributed by atoms with Gasteiger partial charge < -0.3 is 14.6 Å². The van der Waals surface area contributed by atoms with E-state index in [-0.39, 0.29) is 11.3 Å². The molecule has 2 rings (SSSR count). The van der Waals surface area contributed by atoms with Gasteiger partial charge in [-0.25, -0.2) is 4.79 Å². The van der Waals surface area contributed by atoms with Gasteiger partial charge in [0.2, 0.25) is 0 Å². The third kappa shape index (κ3) is 1.83. The first-order chi connectivity index (χ1) is 7.11. The Hall–Kier alpha value is -0.750. The highest BCUT2D eigenvalue weighted by atomic mass is 79.9. The molecular weight excluding hydrogens is 332 g/mol. The van der Waals surface area contributed by atoms with Crippen LogP contribution in [0.5, 0.6) is 11.5 Å². The van der Waals surface area contributed by atoms with Crippen LogP contribution in [0.4, 0.5) is 0 Å². The fraction of sp³-hybridized carbons (Fsp3) is 0.222. The van der Waals surface area contributed by atoms with Gasteiger partial charge in [-0.05, 0) is 37.9 Å². The summed E-state index contributed by atoms with van der Waals surface area (Å²) in [7, 11) is 0. The summed E-state index contributed by atoms with van der Waals surface area (Å²) in [6, 6.07) is 1.69. The summed E-state index contributed by atoms with van der Waals surface area (Å²) in [6.45, 7) is 0.793. The molecule has 0 saturated carbocycles. The number of carboxylic acid groups (broad SMARTS) is 1. The predicted molar refractivity (Wildman–Crippen MR) is 59.8 cm³/mol. The molecule has 6 heteroatoms. The predicted octanol–water partition coefficient (Wildman–Crippen LogP) is 2.68. The molecule has 0 aromatic heterocycles. The molecular formula is C9H6Br2O4. The summed E-state index contributed by atoms with van der Waals surface area (Å²) in [5.41, 5.74) is 0.0825. The number of benzene rings is 1. The summed E-state index contributed by atoms with van der Waals surface area (Å²) in [4.78, 5) is 11.1. The lowest BCUT2D eigenvalue weighted by molar-refractivity contribution is 0.0685. The van der Waals surface area contributed by atoms with Gasteiger partial charge in [-0.15, -0.1) is 0 Å². The first-order valence-electron chi connectivity index (χ1n) is 4.12. The lowest BCUT2D eigenvalue weighted by Crippen LogP contribution is -2.18. The van der Waals surface area contributed by atoms with Crippen molar-refractivity contribution >= 4 is 37.8 Å². The van der Waals surface area contributed by atoms with Gasteiger partial charge >= 0.3 is 5.97 Å². The molecule has 1 aliphatic rings. The van der Waals surface area contributed by atoms with Crippen LogP contribution in [0.15, 0.2) is 15.0 Å². The molecule has 0 saturated heterocycles. The Labute approximate surface area is 102 Å². The van der Waals surface area contributed by atoms with Gasteiger partial charge in [0.25, 0.3) is 0 Å². The zero-order valence-corrected chi connectivity index (χ0v) is 10.6. The molecule has 1 N–H and O–H groups in total. The number of hydrogen-bond acceptors (Lipinski definition) is 3. The number of halogens is 2. The molecule has 0 fully saturated rings. The molecule has 0 aliphatic carbocycles. The van der Waals surface area contributed by atoms with Gasteiger partial charge in [-0.1, -0.05) is 0 Å². The minimum absolute atomic E-state index is 0.0825. The number of carbonyl (C=O) groups is 1. The highest BCUT2D eigenvalue weighted by Crippen LogP contribution is 2.42. The second kappa shape index (κ2) is 4.02. The number of carboxylic acids is 1. The highest BCUT2D eigenvalue weighted by Gasteiger charge is 2.25. The van der Waals surface area contributed by atoms with Crippen molar-refractivity contribution in [1.82, 2.24) is 0 Å². The molecule has 15 heavy (non-hydrogen) atoms. The van der Waals surface area contributed by atoms with Crippen LogP contribution in [0.1, 0.15) is 10.4 Å². The van der Waals surface area contributed by atoms with Crippen molar-refractivity contribution in [3.63, 3.8) is 0 Å². The average molecular weight is 338 g/mol. The van der Waals surface area contributed by atoms with Crippen molar-refractivity contribution in [2.24, 2.45) is 0 Å². The molecule has 1 heterocycles. The highest BCUT2D eigenvalue weighted by molar-refractivity contribution is 9.13. The first kappa shape index (κ1) is 10.8. The smallest absolute Gasteiger partial charge is 0.340 e. The maximum absolute atomic E-state index is 11.1. The van der Waals surface area contributed by atoms with Gasteiger partial charge in [0.05, 0.1) is 4.47 Å². The molecule has 80 valence electrons. The third-order valence-electron chi connectivity index (χ3n) is 1.94. The second-order valence-corrected chi connectivity index (χ2v) is 4.52. The summed E-state index contributed by atoms with van der Waals surface area (Å²) in [5, 5.41) is 9.06. The zero-order valence-electron chi connectivity index (χ0n) is 7.42. The number of fused-ring (bicyclic) bond motifs is 1. The Morgan fingerprint density at radius 3 is 2.67 bits per heavy atom. The molecule has 0 bridgehead atoms. The molecule has 0 unspecified atom stereocenters. The Morgan fingerprint density at radius 2 is 2.00 bits per heavy atom. The monoisotopic (exact) mass is 336 g/mol. The fourth-order valence-electron chi connectivity index (χ4n) is 1.32. The molecule has 0 amide bonds. The Kier molecular flexibility index (Phi) is 2.88. The quantitative estimate of drug-likeness (QED) is 0.856. The van der Waals surface area contributed by atoms with E-state index in [1.165, 1.54) is 0 Å². The van der Waals surface area contributed by atoms with Crippen molar-refractivity contribution in [1.29, 1.82) is 0 Å². The summed E-state index contributed by atoms with van der Waals surface area (Å²) >= 11 is 6.44. The Bertz CT molecular complexity index is 431. The standard InChI is InChI=1S/C9H6Br2O4/c10-4-3-5-8(15-2-1-14-5)6(7(4)11)9(12)13/h3H,1-2H2,(H,12,13). The molecule has 0 radical (unpaired) electrons. The summed E-state index contributed by atoms with van der Waals surface area (Å²) in [5.74, 6) is -0.317. The Balaban J connectivity index is 2.68. The van der Waals surface area contributed by atoms with Crippen molar-refractivity contribution in [2.45, 2.75) is 0 Å².